The minimum atomic E-state index is -1.85. The van der Waals surface area contributed by atoms with E-state index < -0.39 is 32.5 Å². The molecule has 0 unspecified atom stereocenters. The van der Waals surface area contributed by atoms with Gasteiger partial charge in [-0.3, -0.25) is 0 Å². The van der Waals surface area contributed by atoms with Gasteiger partial charge >= 0.3 is 11.9 Å². The lowest BCUT2D eigenvalue weighted by atomic mass is 10.2. The largest absolute Gasteiger partial charge is 0.459 e. The number of rotatable bonds is 17. The number of ether oxygens (including phenoxy) is 2. The van der Waals surface area contributed by atoms with E-state index in [1.54, 1.807) is 48.5 Å². The second kappa shape index (κ2) is 20.4. The average Bonchev–Trinajstić information content (AvgIpc) is 2.98. The van der Waals surface area contributed by atoms with Crippen molar-refractivity contribution in [2.24, 2.45) is 0 Å². The van der Waals surface area contributed by atoms with Crippen molar-refractivity contribution in [3.63, 3.8) is 0 Å². The van der Waals surface area contributed by atoms with Crippen LogP contribution in [0, 0.1) is 0 Å². The molecule has 42 heavy (non-hydrogen) atoms. The van der Waals surface area contributed by atoms with Crippen LogP contribution in [0.5, 0.6) is 0 Å². The van der Waals surface area contributed by atoms with E-state index >= 15 is 0 Å². The van der Waals surface area contributed by atoms with Gasteiger partial charge < -0.3 is 29.2 Å². The lowest BCUT2D eigenvalue weighted by Gasteiger charge is -2.42. The molecule has 0 fully saturated rings. The monoisotopic (exact) mass is 604 g/mol. The minimum Gasteiger partial charge on any atom is -0.459 e. The van der Waals surface area contributed by atoms with E-state index in [0.29, 0.717) is 53.6 Å². The first-order chi connectivity index (χ1) is 19.9. The first-order valence-electron chi connectivity index (χ1n) is 15.0. The van der Waals surface area contributed by atoms with Crippen LogP contribution in [-0.2, 0) is 13.9 Å². The molecule has 2 aromatic rings. The predicted octanol–water partition coefficient (Wildman–Crippen LogP) is 6.15. The van der Waals surface area contributed by atoms with Crippen LogP contribution in [0.1, 0.15) is 87.9 Å². The zero-order valence-electron chi connectivity index (χ0n) is 26.2. The third-order valence-corrected chi connectivity index (χ3v) is 13.4. The predicted molar refractivity (Wildman–Crippen MR) is 168 cm³/mol. The third-order valence-electron chi connectivity index (χ3n) is 7.27. The number of hydrogen-bond acceptors (Lipinski definition) is 8. The maximum absolute atomic E-state index is 11.9. The molecule has 0 aromatic heterocycles. The van der Waals surface area contributed by atoms with Crippen LogP contribution in [0.4, 0.5) is 0 Å². The molecule has 0 aliphatic carbocycles. The second-order valence-corrected chi connectivity index (χ2v) is 16.9. The molecular formula is C33H52O8Si. The van der Waals surface area contributed by atoms with E-state index in [2.05, 4.69) is 41.5 Å². The number of benzene rings is 2. The Morgan fingerprint density at radius 2 is 1.05 bits per heavy atom. The molecule has 9 heteroatoms. The number of aliphatic hydroxyl groups excluding tert-OH is 3. The highest BCUT2D eigenvalue weighted by Crippen LogP contribution is 2.42. The van der Waals surface area contributed by atoms with Crippen molar-refractivity contribution in [3.8, 4) is 0 Å². The Balaban J connectivity index is 0.000000470. The first-order valence-corrected chi connectivity index (χ1v) is 17.1. The van der Waals surface area contributed by atoms with Gasteiger partial charge in [0.1, 0.15) is 13.2 Å². The molecular weight excluding hydrogens is 552 g/mol. The molecule has 2 atom stereocenters. The zero-order valence-corrected chi connectivity index (χ0v) is 27.2. The summed E-state index contributed by atoms with van der Waals surface area (Å²) in [7, 11) is -1.85. The van der Waals surface area contributed by atoms with Crippen molar-refractivity contribution in [2.75, 3.05) is 26.4 Å². The molecule has 0 radical (unpaired) electrons. The number of esters is 2. The topological polar surface area (TPSA) is 123 Å². The van der Waals surface area contributed by atoms with Crippen molar-refractivity contribution in [3.05, 3.63) is 71.8 Å². The van der Waals surface area contributed by atoms with E-state index in [-0.39, 0.29) is 19.8 Å². The maximum atomic E-state index is 11.9. The summed E-state index contributed by atoms with van der Waals surface area (Å²) in [5.41, 5.74) is 2.64. The van der Waals surface area contributed by atoms with Gasteiger partial charge in [0.25, 0.3) is 0 Å². The van der Waals surface area contributed by atoms with Gasteiger partial charge in [-0.1, -0.05) is 77.9 Å². The molecule has 0 saturated carbocycles. The van der Waals surface area contributed by atoms with Crippen LogP contribution < -0.4 is 0 Å². The van der Waals surface area contributed by atoms with Crippen LogP contribution >= 0.6 is 0 Å². The summed E-state index contributed by atoms with van der Waals surface area (Å²) in [6.45, 7) is 14.3. The lowest BCUT2D eigenvalue weighted by Crippen LogP contribution is -2.48. The Labute approximate surface area is 253 Å². The minimum absolute atomic E-state index is 0.0227. The van der Waals surface area contributed by atoms with Crippen molar-refractivity contribution in [2.45, 2.75) is 96.1 Å². The van der Waals surface area contributed by atoms with Gasteiger partial charge in [0.15, 0.2) is 8.32 Å². The summed E-state index contributed by atoms with van der Waals surface area (Å²) in [6.07, 6.45) is 0.910. The second-order valence-electron chi connectivity index (χ2n) is 11.4. The molecule has 0 amide bonds. The highest BCUT2D eigenvalue weighted by molar-refractivity contribution is 6.77. The molecule has 2 rings (SSSR count). The Kier molecular flexibility index (Phi) is 18.2. The highest BCUT2D eigenvalue weighted by atomic mass is 28.4. The van der Waals surface area contributed by atoms with E-state index in [4.69, 9.17) is 19.0 Å². The molecule has 236 valence electrons. The summed E-state index contributed by atoms with van der Waals surface area (Å²) in [6, 6.07) is 17.5. The summed E-state index contributed by atoms with van der Waals surface area (Å²) >= 11 is 0. The van der Waals surface area contributed by atoms with E-state index in [9.17, 15) is 19.8 Å². The van der Waals surface area contributed by atoms with Crippen LogP contribution in [0.3, 0.4) is 0 Å². The summed E-state index contributed by atoms with van der Waals surface area (Å²) in [4.78, 5) is 23.3. The van der Waals surface area contributed by atoms with Gasteiger partial charge in [-0.2, -0.15) is 0 Å². The lowest BCUT2D eigenvalue weighted by molar-refractivity contribution is 0.0221. The Morgan fingerprint density at radius 3 is 1.40 bits per heavy atom. The summed E-state index contributed by atoms with van der Waals surface area (Å²) < 4.78 is 16.6. The number of hydrogen-bond donors (Lipinski definition) is 3. The van der Waals surface area contributed by atoms with Gasteiger partial charge in [-0.05, 0) is 66.6 Å². The zero-order chi connectivity index (χ0) is 31.5. The van der Waals surface area contributed by atoms with Gasteiger partial charge in [0.2, 0.25) is 0 Å². The molecule has 0 aliphatic heterocycles. The van der Waals surface area contributed by atoms with Gasteiger partial charge in [0.05, 0.1) is 23.3 Å². The smallest absolute Gasteiger partial charge is 0.338 e. The van der Waals surface area contributed by atoms with Crippen LogP contribution in [-0.4, -0.2) is 74.2 Å². The summed E-state index contributed by atoms with van der Waals surface area (Å²) in [5.74, 6) is -0.838. The fourth-order valence-corrected chi connectivity index (χ4v) is 10.7. The Bertz CT molecular complexity index is 976. The Morgan fingerprint density at radius 1 is 0.667 bits per heavy atom. The SMILES string of the molecule is CC(C)[Si](OCCC[C@H](O)COC(=O)c1ccccc1)(C(C)C)C(C)C.O=C(OC[C@@H](O)CCCO)c1ccccc1. The van der Waals surface area contributed by atoms with E-state index in [1.807, 2.05) is 12.1 Å². The van der Waals surface area contributed by atoms with Crippen molar-refractivity contribution >= 4 is 20.3 Å². The van der Waals surface area contributed by atoms with Gasteiger partial charge in [-0.25, -0.2) is 9.59 Å². The highest BCUT2D eigenvalue weighted by Gasteiger charge is 2.44. The van der Waals surface area contributed by atoms with E-state index in [0.717, 1.165) is 6.42 Å². The molecule has 0 spiro atoms. The molecule has 8 nitrogen and oxygen atoms in total. The van der Waals surface area contributed by atoms with Crippen LogP contribution in [0.2, 0.25) is 16.6 Å². The molecule has 0 bridgehead atoms. The van der Waals surface area contributed by atoms with Gasteiger partial charge in [-0.15, -0.1) is 0 Å². The number of carbonyl (C=O) groups excluding carboxylic acids is 2. The van der Waals surface area contributed by atoms with E-state index in [1.165, 1.54) is 0 Å². The Hall–Kier alpha value is -2.56. The van der Waals surface area contributed by atoms with Crippen molar-refractivity contribution < 1.29 is 38.8 Å². The number of aliphatic hydroxyl groups is 3. The molecule has 0 saturated heterocycles. The summed E-state index contributed by atoms with van der Waals surface area (Å²) in [5, 5.41) is 28.0. The first kappa shape index (κ1) is 37.5. The quantitative estimate of drug-likeness (QED) is 0.112. The fourth-order valence-electron chi connectivity index (χ4n) is 5.22. The molecule has 0 aliphatic rings. The average molecular weight is 605 g/mol. The fraction of sp³-hybridized carbons (Fsp3) is 0.576. The molecule has 2 aromatic carbocycles. The van der Waals surface area contributed by atoms with Crippen LogP contribution in [0.15, 0.2) is 60.7 Å². The van der Waals surface area contributed by atoms with Gasteiger partial charge in [0, 0.05) is 13.2 Å². The molecule has 0 heterocycles. The molecule has 3 N–H and O–H groups in total. The normalized spacial score (nSPS) is 13.0. The van der Waals surface area contributed by atoms with Crippen LogP contribution in [0.25, 0.3) is 0 Å². The standard InChI is InChI=1S/C21H36O4Si.C12H16O4/c1-16(2)26(17(3)4,18(5)6)25-14-10-13-20(22)15-24-21(23)19-11-8-7-9-12-19;13-8-4-7-11(14)9-16-12(15)10-5-2-1-3-6-10/h7-9,11-12,16-18,20,22H,10,13-15H2,1-6H3;1-3,5-6,11,13-14H,4,7-9H2/t20-;11-/m00/s1. The third kappa shape index (κ3) is 13.2. The maximum Gasteiger partial charge on any atom is 0.338 e. The van der Waals surface area contributed by atoms with Crippen molar-refractivity contribution in [1.82, 2.24) is 0 Å². The number of carbonyl (C=O) groups is 2. The van der Waals surface area contributed by atoms with Crippen molar-refractivity contribution in [1.29, 1.82) is 0 Å².